The van der Waals surface area contributed by atoms with Gasteiger partial charge in [0.15, 0.2) is 5.82 Å². The summed E-state index contributed by atoms with van der Waals surface area (Å²) in [6.07, 6.45) is 2.40. The molecule has 0 atom stereocenters. The molecule has 1 saturated heterocycles. The molecular weight excluding hydrogens is 295 g/mol. The van der Waals surface area contributed by atoms with E-state index in [-0.39, 0.29) is 28.8 Å². The molecule has 2 N–H and O–H groups in total. The van der Waals surface area contributed by atoms with Gasteiger partial charge in [0, 0.05) is 19.7 Å². The van der Waals surface area contributed by atoms with Crippen LogP contribution < -0.4 is 5.32 Å². The van der Waals surface area contributed by atoms with Crippen LogP contribution in [0.15, 0.2) is 18.2 Å². The third-order valence-corrected chi connectivity index (χ3v) is 4.68. The van der Waals surface area contributed by atoms with Crippen molar-refractivity contribution >= 4 is 23.3 Å². The maximum Gasteiger partial charge on any atom is 0.321 e. The molecular formula is C15H20ClFN2O2. The predicted molar refractivity (Wildman–Crippen MR) is 81.0 cm³/mol. The van der Waals surface area contributed by atoms with E-state index >= 15 is 0 Å². The van der Waals surface area contributed by atoms with Crippen LogP contribution in [-0.2, 0) is 0 Å². The van der Waals surface area contributed by atoms with Crippen molar-refractivity contribution in [3.8, 4) is 0 Å². The number of benzene rings is 1. The number of carbonyl (C=O) groups is 1. The van der Waals surface area contributed by atoms with E-state index in [1.54, 1.807) is 11.0 Å². The molecule has 0 bridgehead atoms. The van der Waals surface area contributed by atoms with E-state index in [0.29, 0.717) is 13.1 Å². The molecule has 1 aliphatic heterocycles. The SMILES string of the molecule is CCC1(CO)CCN(C(=O)Nc2cccc(Cl)c2F)CC1. The molecule has 0 saturated carbocycles. The third kappa shape index (κ3) is 3.47. The van der Waals surface area contributed by atoms with Gasteiger partial charge in [-0.3, -0.25) is 0 Å². The number of anilines is 1. The van der Waals surface area contributed by atoms with Gasteiger partial charge in [0.1, 0.15) is 0 Å². The van der Waals surface area contributed by atoms with Crippen molar-refractivity contribution in [3.05, 3.63) is 29.0 Å². The number of halogens is 2. The second kappa shape index (κ2) is 6.62. The molecule has 0 aromatic heterocycles. The third-order valence-electron chi connectivity index (χ3n) is 4.39. The Morgan fingerprint density at radius 3 is 2.71 bits per heavy atom. The van der Waals surface area contributed by atoms with Crippen LogP contribution in [0.1, 0.15) is 26.2 Å². The van der Waals surface area contributed by atoms with Crippen LogP contribution in [0.5, 0.6) is 0 Å². The molecule has 1 fully saturated rings. The molecule has 2 amide bonds. The molecule has 6 heteroatoms. The lowest BCUT2D eigenvalue weighted by molar-refractivity contribution is 0.0542. The van der Waals surface area contributed by atoms with Crippen LogP contribution in [0.2, 0.25) is 5.02 Å². The number of aliphatic hydroxyl groups excluding tert-OH is 1. The lowest BCUT2D eigenvalue weighted by Gasteiger charge is -2.40. The van der Waals surface area contributed by atoms with Gasteiger partial charge in [-0.2, -0.15) is 0 Å². The van der Waals surface area contributed by atoms with E-state index in [1.807, 2.05) is 6.92 Å². The Morgan fingerprint density at radius 2 is 2.14 bits per heavy atom. The molecule has 0 spiro atoms. The monoisotopic (exact) mass is 314 g/mol. The van der Waals surface area contributed by atoms with Crippen molar-refractivity contribution < 1.29 is 14.3 Å². The zero-order chi connectivity index (χ0) is 15.5. The van der Waals surface area contributed by atoms with Gasteiger partial charge in [0.05, 0.1) is 10.7 Å². The highest BCUT2D eigenvalue weighted by Gasteiger charge is 2.34. The average Bonchev–Trinajstić information content (AvgIpc) is 2.52. The molecule has 1 heterocycles. The number of carbonyl (C=O) groups excluding carboxylic acids is 1. The molecule has 2 rings (SSSR count). The molecule has 21 heavy (non-hydrogen) atoms. The van der Waals surface area contributed by atoms with E-state index in [2.05, 4.69) is 5.32 Å². The van der Waals surface area contributed by atoms with Gasteiger partial charge in [0.2, 0.25) is 0 Å². The molecule has 4 nitrogen and oxygen atoms in total. The lowest BCUT2D eigenvalue weighted by Crippen LogP contribution is -2.46. The van der Waals surface area contributed by atoms with Crippen LogP contribution >= 0.6 is 11.6 Å². The van der Waals surface area contributed by atoms with Crippen LogP contribution in [0.25, 0.3) is 0 Å². The first-order valence-electron chi connectivity index (χ1n) is 7.12. The number of nitrogens with zero attached hydrogens (tertiary/aromatic N) is 1. The highest BCUT2D eigenvalue weighted by Crippen LogP contribution is 2.34. The molecule has 116 valence electrons. The van der Waals surface area contributed by atoms with E-state index in [0.717, 1.165) is 19.3 Å². The average molecular weight is 315 g/mol. The van der Waals surface area contributed by atoms with Crippen LogP contribution in [0.4, 0.5) is 14.9 Å². The number of aliphatic hydroxyl groups is 1. The number of piperidine rings is 1. The summed E-state index contributed by atoms with van der Waals surface area (Å²) in [7, 11) is 0. The van der Waals surface area contributed by atoms with Crippen molar-refractivity contribution in [1.29, 1.82) is 0 Å². The van der Waals surface area contributed by atoms with Crippen molar-refractivity contribution in [2.45, 2.75) is 26.2 Å². The zero-order valence-electron chi connectivity index (χ0n) is 12.0. The fourth-order valence-electron chi connectivity index (χ4n) is 2.60. The first kappa shape index (κ1) is 16.0. The summed E-state index contributed by atoms with van der Waals surface area (Å²) in [6.45, 7) is 3.31. The minimum Gasteiger partial charge on any atom is -0.396 e. The quantitative estimate of drug-likeness (QED) is 0.897. The largest absolute Gasteiger partial charge is 0.396 e. The van der Waals surface area contributed by atoms with E-state index < -0.39 is 5.82 Å². The Kier molecular flexibility index (Phi) is 5.06. The van der Waals surface area contributed by atoms with Gasteiger partial charge in [0.25, 0.3) is 0 Å². The summed E-state index contributed by atoms with van der Waals surface area (Å²) in [6, 6.07) is 4.17. The highest BCUT2D eigenvalue weighted by molar-refractivity contribution is 6.31. The second-order valence-corrected chi connectivity index (χ2v) is 5.94. The van der Waals surface area contributed by atoms with E-state index in [4.69, 9.17) is 11.6 Å². The topological polar surface area (TPSA) is 52.6 Å². The molecule has 1 aliphatic rings. The molecule has 1 aromatic carbocycles. The van der Waals surface area contributed by atoms with Crippen molar-refractivity contribution in [2.24, 2.45) is 5.41 Å². The van der Waals surface area contributed by atoms with E-state index in [1.165, 1.54) is 12.1 Å². The smallest absolute Gasteiger partial charge is 0.321 e. The Morgan fingerprint density at radius 1 is 1.48 bits per heavy atom. The number of hydrogen-bond acceptors (Lipinski definition) is 2. The summed E-state index contributed by atoms with van der Waals surface area (Å²) in [5.41, 5.74) is -0.0000604. The van der Waals surface area contributed by atoms with Gasteiger partial charge in [-0.05, 0) is 36.8 Å². The number of hydrogen-bond donors (Lipinski definition) is 2. The highest BCUT2D eigenvalue weighted by atomic mass is 35.5. The number of urea groups is 1. The number of nitrogens with one attached hydrogen (secondary N) is 1. The van der Waals surface area contributed by atoms with Crippen molar-refractivity contribution in [2.75, 3.05) is 25.0 Å². The Balaban J connectivity index is 1.98. The fourth-order valence-corrected chi connectivity index (χ4v) is 2.78. The molecule has 1 aromatic rings. The standard InChI is InChI=1S/C15H20ClFN2O2/c1-2-15(10-20)6-8-19(9-7-15)14(21)18-12-5-3-4-11(16)13(12)17/h3-5,20H,2,6-10H2,1H3,(H,18,21). The Labute approximate surface area is 128 Å². The molecule has 0 unspecified atom stereocenters. The Bertz CT molecular complexity index is 510. The van der Waals surface area contributed by atoms with Gasteiger partial charge >= 0.3 is 6.03 Å². The summed E-state index contributed by atoms with van der Waals surface area (Å²) in [4.78, 5) is 13.8. The zero-order valence-corrected chi connectivity index (χ0v) is 12.8. The van der Waals surface area contributed by atoms with Crippen molar-refractivity contribution in [3.63, 3.8) is 0 Å². The first-order valence-corrected chi connectivity index (χ1v) is 7.50. The van der Waals surface area contributed by atoms with Gasteiger partial charge < -0.3 is 15.3 Å². The van der Waals surface area contributed by atoms with Crippen LogP contribution in [0, 0.1) is 11.2 Å². The first-order chi connectivity index (χ1) is 10.0. The number of amides is 2. The van der Waals surface area contributed by atoms with Crippen LogP contribution in [-0.4, -0.2) is 35.7 Å². The maximum absolute atomic E-state index is 13.8. The molecule has 0 radical (unpaired) electrons. The van der Waals surface area contributed by atoms with Gasteiger partial charge in [-0.15, -0.1) is 0 Å². The molecule has 0 aliphatic carbocycles. The van der Waals surface area contributed by atoms with E-state index in [9.17, 15) is 14.3 Å². The fraction of sp³-hybridized carbons (Fsp3) is 0.533. The van der Waals surface area contributed by atoms with Gasteiger partial charge in [-0.1, -0.05) is 24.6 Å². The number of likely N-dealkylation sites (tertiary alicyclic amines) is 1. The maximum atomic E-state index is 13.8. The number of rotatable bonds is 3. The summed E-state index contributed by atoms with van der Waals surface area (Å²) >= 11 is 5.69. The Hall–Kier alpha value is -1.33. The van der Waals surface area contributed by atoms with Gasteiger partial charge in [-0.25, -0.2) is 9.18 Å². The van der Waals surface area contributed by atoms with Crippen LogP contribution in [0.3, 0.4) is 0 Å². The predicted octanol–water partition coefficient (Wildman–Crippen LogP) is 3.50. The summed E-state index contributed by atoms with van der Waals surface area (Å²) in [5.74, 6) is -0.622. The second-order valence-electron chi connectivity index (χ2n) is 5.53. The minimum absolute atomic E-state index is 0.0169. The summed E-state index contributed by atoms with van der Waals surface area (Å²) in [5, 5.41) is 12.0. The minimum atomic E-state index is -0.622. The lowest BCUT2D eigenvalue weighted by atomic mass is 9.77. The van der Waals surface area contributed by atoms with Crippen molar-refractivity contribution in [1.82, 2.24) is 4.90 Å². The summed E-state index contributed by atoms with van der Waals surface area (Å²) < 4.78 is 13.8. The normalized spacial score (nSPS) is 17.6.